The van der Waals surface area contributed by atoms with Crippen LogP contribution in [0.25, 0.3) is 0 Å². The SMILES string of the molecule is CCN1CC[C@H](N(C)C(=O)Cn2cc(Br)ccc2=O)C1. The molecule has 1 aliphatic heterocycles. The Bertz CT molecular complexity index is 543. The average Bonchev–Trinajstić information content (AvgIpc) is 2.90. The van der Waals surface area contributed by atoms with Gasteiger partial charge in [-0.1, -0.05) is 6.92 Å². The molecule has 1 aromatic heterocycles. The summed E-state index contributed by atoms with van der Waals surface area (Å²) in [6, 6.07) is 3.40. The van der Waals surface area contributed by atoms with Crippen molar-refractivity contribution in [2.75, 3.05) is 26.7 Å². The third kappa shape index (κ3) is 3.49. The second kappa shape index (κ2) is 6.54. The summed E-state index contributed by atoms with van der Waals surface area (Å²) in [7, 11) is 1.83. The number of carbonyl (C=O) groups excluding carboxylic acids is 1. The van der Waals surface area contributed by atoms with E-state index in [-0.39, 0.29) is 24.1 Å². The van der Waals surface area contributed by atoms with Gasteiger partial charge in [-0.05, 0) is 35.0 Å². The van der Waals surface area contributed by atoms with Gasteiger partial charge in [-0.3, -0.25) is 9.59 Å². The monoisotopic (exact) mass is 341 g/mol. The zero-order valence-electron chi connectivity index (χ0n) is 11.9. The number of amides is 1. The number of likely N-dealkylation sites (N-methyl/N-ethyl adjacent to an activating group) is 2. The zero-order chi connectivity index (χ0) is 14.7. The standard InChI is InChI=1S/C14H20BrN3O2/c1-3-17-7-6-12(9-17)16(2)14(20)10-18-8-11(15)4-5-13(18)19/h4-5,8,12H,3,6-7,9-10H2,1-2H3/t12-/m0/s1. The average molecular weight is 342 g/mol. The van der Waals surface area contributed by atoms with Gasteiger partial charge in [-0.25, -0.2) is 0 Å². The molecule has 1 fully saturated rings. The first-order valence-electron chi connectivity index (χ1n) is 6.85. The Labute approximate surface area is 127 Å². The van der Waals surface area contributed by atoms with E-state index in [1.807, 2.05) is 7.05 Å². The van der Waals surface area contributed by atoms with Crippen molar-refractivity contribution >= 4 is 21.8 Å². The fourth-order valence-electron chi connectivity index (χ4n) is 2.50. The van der Waals surface area contributed by atoms with Crippen LogP contribution in [-0.4, -0.2) is 53.0 Å². The van der Waals surface area contributed by atoms with Gasteiger partial charge in [0.2, 0.25) is 5.91 Å². The number of halogens is 1. The molecule has 0 bridgehead atoms. The lowest BCUT2D eigenvalue weighted by atomic mass is 10.2. The summed E-state index contributed by atoms with van der Waals surface area (Å²) in [5.74, 6) is -0.0202. The van der Waals surface area contributed by atoms with Crippen LogP contribution in [0.2, 0.25) is 0 Å². The highest BCUT2D eigenvalue weighted by atomic mass is 79.9. The van der Waals surface area contributed by atoms with E-state index < -0.39 is 0 Å². The van der Waals surface area contributed by atoms with E-state index in [0.29, 0.717) is 0 Å². The number of likely N-dealkylation sites (tertiary alicyclic amines) is 1. The molecular formula is C14H20BrN3O2. The predicted octanol–water partition coefficient (Wildman–Crippen LogP) is 1.16. The number of hydrogen-bond donors (Lipinski definition) is 0. The van der Waals surface area contributed by atoms with Gasteiger partial charge in [0.1, 0.15) is 6.54 Å². The third-order valence-corrected chi connectivity index (χ3v) is 4.36. The highest BCUT2D eigenvalue weighted by molar-refractivity contribution is 9.10. The normalized spacial score (nSPS) is 19.2. The van der Waals surface area contributed by atoms with Gasteiger partial charge in [0.15, 0.2) is 0 Å². The van der Waals surface area contributed by atoms with Gasteiger partial charge >= 0.3 is 0 Å². The molecule has 0 saturated carbocycles. The smallest absolute Gasteiger partial charge is 0.251 e. The van der Waals surface area contributed by atoms with E-state index in [9.17, 15) is 9.59 Å². The van der Waals surface area contributed by atoms with Crippen LogP contribution < -0.4 is 5.56 Å². The second-order valence-electron chi connectivity index (χ2n) is 5.15. The van der Waals surface area contributed by atoms with Gasteiger partial charge in [0.25, 0.3) is 5.56 Å². The molecule has 0 aromatic carbocycles. The van der Waals surface area contributed by atoms with Gasteiger partial charge in [-0.15, -0.1) is 0 Å². The Morgan fingerprint density at radius 3 is 2.90 bits per heavy atom. The topological polar surface area (TPSA) is 45.5 Å². The number of hydrogen-bond acceptors (Lipinski definition) is 3. The molecule has 1 saturated heterocycles. The first-order chi connectivity index (χ1) is 9.51. The Balaban J connectivity index is 2.01. The first kappa shape index (κ1) is 15.3. The van der Waals surface area contributed by atoms with Crippen LogP contribution in [0.5, 0.6) is 0 Å². The quantitative estimate of drug-likeness (QED) is 0.825. The lowest BCUT2D eigenvalue weighted by molar-refractivity contribution is -0.132. The number of pyridine rings is 1. The number of nitrogens with zero attached hydrogens (tertiary/aromatic N) is 3. The van der Waals surface area contributed by atoms with Gasteiger partial charge in [0, 0.05) is 42.9 Å². The Morgan fingerprint density at radius 2 is 2.25 bits per heavy atom. The van der Waals surface area contributed by atoms with Crippen molar-refractivity contribution in [2.45, 2.75) is 25.9 Å². The maximum Gasteiger partial charge on any atom is 0.251 e. The third-order valence-electron chi connectivity index (χ3n) is 3.89. The first-order valence-corrected chi connectivity index (χ1v) is 7.64. The molecule has 1 amide bonds. The van der Waals surface area contributed by atoms with Crippen molar-refractivity contribution in [1.29, 1.82) is 0 Å². The van der Waals surface area contributed by atoms with E-state index in [1.165, 1.54) is 10.6 Å². The molecule has 2 rings (SSSR count). The molecule has 1 atom stereocenters. The van der Waals surface area contributed by atoms with Crippen molar-refractivity contribution in [3.63, 3.8) is 0 Å². The fourth-order valence-corrected chi connectivity index (χ4v) is 2.88. The summed E-state index contributed by atoms with van der Waals surface area (Å²) in [5, 5.41) is 0. The van der Waals surface area contributed by atoms with Crippen LogP contribution >= 0.6 is 15.9 Å². The lowest BCUT2D eigenvalue weighted by Gasteiger charge is -2.25. The summed E-state index contributed by atoms with van der Waals surface area (Å²) < 4.78 is 2.24. The van der Waals surface area contributed by atoms with Crippen LogP contribution in [-0.2, 0) is 11.3 Å². The minimum atomic E-state index is -0.156. The molecule has 0 aliphatic carbocycles. The Kier molecular flexibility index (Phi) is 4.99. The predicted molar refractivity (Wildman–Crippen MR) is 81.7 cm³/mol. The summed E-state index contributed by atoms with van der Waals surface area (Å²) >= 11 is 3.32. The number of aromatic nitrogens is 1. The van der Waals surface area contributed by atoms with Crippen molar-refractivity contribution in [1.82, 2.24) is 14.4 Å². The maximum absolute atomic E-state index is 12.3. The van der Waals surface area contributed by atoms with E-state index in [2.05, 4.69) is 27.8 Å². The van der Waals surface area contributed by atoms with E-state index in [0.717, 1.165) is 30.5 Å². The Morgan fingerprint density at radius 1 is 1.50 bits per heavy atom. The molecule has 2 heterocycles. The van der Waals surface area contributed by atoms with Crippen LogP contribution in [0.3, 0.4) is 0 Å². The van der Waals surface area contributed by atoms with Crippen molar-refractivity contribution in [2.24, 2.45) is 0 Å². The molecule has 20 heavy (non-hydrogen) atoms. The van der Waals surface area contributed by atoms with Crippen LogP contribution in [0.4, 0.5) is 0 Å². The minimum Gasteiger partial charge on any atom is -0.340 e. The molecule has 1 aromatic rings. The second-order valence-corrected chi connectivity index (χ2v) is 6.07. The van der Waals surface area contributed by atoms with Gasteiger partial charge in [-0.2, -0.15) is 0 Å². The molecule has 110 valence electrons. The molecule has 6 heteroatoms. The molecule has 1 aliphatic rings. The van der Waals surface area contributed by atoms with Crippen molar-refractivity contribution in [3.8, 4) is 0 Å². The zero-order valence-corrected chi connectivity index (χ0v) is 13.5. The number of rotatable bonds is 4. The molecule has 0 N–H and O–H groups in total. The summed E-state index contributed by atoms with van der Waals surface area (Å²) in [4.78, 5) is 28.1. The maximum atomic E-state index is 12.3. The summed E-state index contributed by atoms with van der Waals surface area (Å²) in [5.41, 5.74) is -0.156. The lowest BCUT2D eigenvalue weighted by Crippen LogP contribution is -2.41. The minimum absolute atomic E-state index is 0.0202. The summed E-state index contributed by atoms with van der Waals surface area (Å²) in [6.07, 6.45) is 2.66. The van der Waals surface area contributed by atoms with E-state index in [4.69, 9.17) is 0 Å². The van der Waals surface area contributed by atoms with E-state index in [1.54, 1.807) is 17.2 Å². The molecule has 5 nitrogen and oxygen atoms in total. The van der Waals surface area contributed by atoms with Crippen LogP contribution in [0.1, 0.15) is 13.3 Å². The van der Waals surface area contributed by atoms with Gasteiger partial charge < -0.3 is 14.4 Å². The molecular weight excluding hydrogens is 322 g/mol. The highest BCUT2D eigenvalue weighted by Gasteiger charge is 2.27. The molecule has 0 radical (unpaired) electrons. The van der Waals surface area contributed by atoms with Crippen LogP contribution in [0.15, 0.2) is 27.6 Å². The largest absolute Gasteiger partial charge is 0.340 e. The molecule has 0 spiro atoms. The molecule has 0 unspecified atom stereocenters. The highest BCUT2D eigenvalue weighted by Crippen LogP contribution is 2.14. The van der Waals surface area contributed by atoms with Crippen molar-refractivity contribution in [3.05, 3.63) is 33.2 Å². The van der Waals surface area contributed by atoms with Crippen molar-refractivity contribution < 1.29 is 4.79 Å². The van der Waals surface area contributed by atoms with Gasteiger partial charge in [0.05, 0.1) is 0 Å². The fraction of sp³-hybridized carbons (Fsp3) is 0.571. The van der Waals surface area contributed by atoms with E-state index >= 15 is 0 Å². The summed E-state index contributed by atoms with van der Waals surface area (Å²) in [6.45, 7) is 5.20. The van der Waals surface area contributed by atoms with Crippen LogP contribution in [0, 0.1) is 0 Å². The Hall–Kier alpha value is -1.14. The number of carbonyl (C=O) groups is 1.